The predicted molar refractivity (Wildman–Crippen MR) is 99.4 cm³/mol. The summed E-state index contributed by atoms with van der Waals surface area (Å²) in [4.78, 5) is 31.7. The molecule has 1 aromatic carbocycles. The Bertz CT molecular complexity index is 836. The van der Waals surface area contributed by atoms with E-state index in [2.05, 4.69) is 4.98 Å². The third kappa shape index (κ3) is 3.23. The smallest absolute Gasteiger partial charge is 0.270 e. The molecule has 0 aliphatic carbocycles. The van der Waals surface area contributed by atoms with Gasteiger partial charge in [-0.05, 0) is 38.0 Å². The minimum absolute atomic E-state index is 0.0287. The summed E-state index contributed by atoms with van der Waals surface area (Å²) in [6.45, 7) is 7.48. The lowest BCUT2D eigenvalue weighted by atomic mass is 10.0. The Balaban J connectivity index is 1.76. The molecule has 0 bridgehead atoms. The highest BCUT2D eigenvalue weighted by atomic mass is 19.1. The maximum atomic E-state index is 14.0. The number of nitrogens with zero attached hydrogens (tertiary/aromatic N) is 2. The number of H-pyrrole nitrogens is 1. The first-order valence-electron chi connectivity index (χ1n) is 8.95. The zero-order chi connectivity index (χ0) is 18.8. The minimum atomic E-state index is -0.244. The second-order valence-corrected chi connectivity index (χ2v) is 6.62. The zero-order valence-electron chi connectivity index (χ0n) is 15.4. The number of ketones is 1. The van der Waals surface area contributed by atoms with Crippen molar-refractivity contribution in [1.29, 1.82) is 0 Å². The number of Topliss-reactive ketones (excluding diaryl/α,β-unsaturated/α-hetero) is 1. The van der Waals surface area contributed by atoms with Gasteiger partial charge in [0.05, 0.1) is 5.69 Å². The lowest BCUT2D eigenvalue weighted by molar-refractivity contribution is 0.0740. The number of carbonyl (C=O) groups is 2. The molecule has 2 heterocycles. The first-order valence-corrected chi connectivity index (χ1v) is 8.95. The molecule has 0 spiro atoms. The van der Waals surface area contributed by atoms with E-state index in [-0.39, 0.29) is 17.5 Å². The molecule has 1 aliphatic heterocycles. The maximum Gasteiger partial charge on any atom is 0.270 e. The number of aromatic nitrogens is 1. The molecule has 1 N–H and O–H groups in total. The van der Waals surface area contributed by atoms with E-state index < -0.39 is 0 Å². The van der Waals surface area contributed by atoms with Crippen molar-refractivity contribution < 1.29 is 14.0 Å². The Morgan fingerprint density at radius 3 is 2.38 bits per heavy atom. The molecule has 0 unspecified atom stereocenters. The SMILES string of the molecule is CCc1c(C(=O)N2CCN(c3ccccc3F)CC2)[nH]c(C)c1C(C)=O. The summed E-state index contributed by atoms with van der Waals surface area (Å²) in [5, 5.41) is 0. The average molecular weight is 357 g/mol. The molecule has 26 heavy (non-hydrogen) atoms. The molecule has 0 radical (unpaired) electrons. The summed E-state index contributed by atoms with van der Waals surface area (Å²) in [5.74, 6) is -0.365. The second-order valence-electron chi connectivity index (χ2n) is 6.62. The fourth-order valence-corrected chi connectivity index (χ4v) is 3.71. The van der Waals surface area contributed by atoms with E-state index in [0.717, 1.165) is 11.3 Å². The van der Waals surface area contributed by atoms with E-state index in [0.29, 0.717) is 49.5 Å². The third-order valence-electron chi connectivity index (χ3n) is 4.97. The summed E-state index contributed by atoms with van der Waals surface area (Å²) in [6.07, 6.45) is 0.621. The topological polar surface area (TPSA) is 56.4 Å². The number of hydrogen-bond donors (Lipinski definition) is 1. The third-order valence-corrected chi connectivity index (χ3v) is 4.97. The van der Waals surface area contributed by atoms with Crippen LogP contribution < -0.4 is 4.90 Å². The van der Waals surface area contributed by atoms with E-state index in [1.807, 2.05) is 24.8 Å². The van der Waals surface area contributed by atoms with Gasteiger partial charge in [-0.1, -0.05) is 19.1 Å². The Hall–Kier alpha value is -2.63. The first kappa shape index (κ1) is 18.2. The highest BCUT2D eigenvalue weighted by Gasteiger charge is 2.28. The predicted octanol–water partition coefficient (Wildman–Crippen LogP) is 3.19. The number of rotatable bonds is 4. The van der Waals surface area contributed by atoms with Crippen LogP contribution in [-0.4, -0.2) is 47.8 Å². The van der Waals surface area contributed by atoms with Crippen LogP contribution in [0.15, 0.2) is 24.3 Å². The van der Waals surface area contributed by atoms with Gasteiger partial charge in [0.15, 0.2) is 5.78 Å². The van der Waals surface area contributed by atoms with Crippen LogP contribution in [0, 0.1) is 12.7 Å². The lowest BCUT2D eigenvalue weighted by Crippen LogP contribution is -2.49. The minimum Gasteiger partial charge on any atom is -0.366 e. The summed E-state index contributed by atoms with van der Waals surface area (Å²) in [5.41, 5.74) is 3.23. The lowest BCUT2D eigenvalue weighted by Gasteiger charge is -2.36. The van der Waals surface area contributed by atoms with Gasteiger partial charge >= 0.3 is 0 Å². The quantitative estimate of drug-likeness (QED) is 0.855. The van der Waals surface area contributed by atoms with Gasteiger partial charge in [0.25, 0.3) is 5.91 Å². The molecule has 0 saturated carbocycles. The zero-order valence-corrected chi connectivity index (χ0v) is 15.4. The molecule has 138 valence electrons. The van der Waals surface area contributed by atoms with Gasteiger partial charge in [-0.2, -0.15) is 0 Å². The second kappa shape index (κ2) is 7.32. The van der Waals surface area contributed by atoms with Gasteiger partial charge < -0.3 is 14.8 Å². The molecule has 5 nitrogen and oxygen atoms in total. The Labute approximate surface area is 152 Å². The molecule has 1 aromatic heterocycles. The number of anilines is 1. The van der Waals surface area contributed by atoms with Crippen LogP contribution >= 0.6 is 0 Å². The highest BCUT2D eigenvalue weighted by Crippen LogP contribution is 2.24. The number of piperazine rings is 1. The fourth-order valence-electron chi connectivity index (χ4n) is 3.71. The average Bonchev–Trinajstić information content (AvgIpc) is 2.98. The van der Waals surface area contributed by atoms with Crippen LogP contribution in [0.1, 0.15) is 46.0 Å². The molecule has 3 rings (SSSR count). The number of amides is 1. The van der Waals surface area contributed by atoms with Crippen LogP contribution in [-0.2, 0) is 6.42 Å². The van der Waals surface area contributed by atoms with E-state index in [4.69, 9.17) is 0 Å². The van der Waals surface area contributed by atoms with E-state index in [9.17, 15) is 14.0 Å². The van der Waals surface area contributed by atoms with E-state index in [1.54, 1.807) is 17.0 Å². The van der Waals surface area contributed by atoms with Crippen molar-refractivity contribution in [2.45, 2.75) is 27.2 Å². The van der Waals surface area contributed by atoms with Gasteiger partial charge in [-0.3, -0.25) is 9.59 Å². The number of hydrogen-bond acceptors (Lipinski definition) is 3. The number of para-hydroxylation sites is 1. The van der Waals surface area contributed by atoms with Crippen LogP contribution in [0.4, 0.5) is 10.1 Å². The van der Waals surface area contributed by atoms with Crippen molar-refractivity contribution in [1.82, 2.24) is 9.88 Å². The molecular formula is C20H24FN3O2. The molecular weight excluding hydrogens is 333 g/mol. The van der Waals surface area contributed by atoms with Crippen LogP contribution in [0.5, 0.6) is 0 Å². The van der Waals surface area contributed by atoms with Gasteiger partial charge in [0, 0.05) is 37.4 Å². The number of aromatic amines is 1. The molecule has 0 atom stereocenters. The Morgan fingerprint density at radius 2 is 1.81 bits per heavy atom. The number of aryl methyl sites for hydroxylation is 1. The number of carbonyl (C=O) groups excluding carboxylic acids is 2. The normalized spacial score (nSPS) is 14.6. The summed E-state index contributed by atoms with van der Waals surface area (Å²) in [7, 11) is 0. The molecule has 2 aromatic rings. The fraction of sp³-hybridized carbons (Fsp3) is 0.400. The van der Waals surface area contributed by atoms with Crippen molar-refractivity contribution >= 4 is 17.4 Å². The van der Waals surface area contributed by atoms with Gasteiger partial charge in [0.2, 0.25) is 0 Å². The van der Waals surface area contributed by atoms with Gasteiger partial charge in [0.1, 0.15) is 11.5 Å². The molecule has 1 amide bonds. The Kier molecular flexibility index (Phi) is 5.11. The summed E-state index contributed by atoms with van der Waals surface area (Å²) >= 11 is 0. The Morgan fingerprint density at radius 1 is 1.15 bits per heavy atom. The molecule has 6 heteroatoms. The largest absolute Gasteiger partial charge is 0.366 e. The first-order chi connectivity index (χ1) is 12.4. The molecule has 1 fully saturated rings. The maximum absolute atomic E-state index is 14.0. The van der Waals surface area contributed by atoms with Crippen LogP contribution in [0.25, 0.3) is 0 Å². The van der Waals surface area contributed by atoms with E-state index in [1.165, 1.54) is 13.0 Å². The summed E-state index contributed by atoms with van der Waals surface area (Å²) < 4.78 is 14.0. The van der Waals surface area contributed by atoms with Crippen molar-refractivity contribution in [3.05, 3.63) is 52.6 Å². The van der Waals surface area contributed by atoms with Crippen molar-refractivity contribution in [2.24, 2.45) is 0 Å². The van der Waals surface area contributed by atoms with Gasteiger partial charge in [-0.15, -0.1) is 0 Å². The van der Waals surface area contributed by atoms with Crippen molar-refractivity contribution in [2.75, 3.05) is 31.1 Å². The number of nitrogens with one attached hydrogen (secondary N) is 1. The highest BCUT2D eigenvalue weighted by molar-refractivity contribution is 6.02. The monoisotopic (exact) mass is 357 g/mol. The number of halogens is 1. The van der Waals surface area contributed by atoms with E-state index >= 15 is 0 Å². The molecule has 1 saturated heterocycles. The van der Waals surface area contributed by atoms with Gasteiger partial charge in [-0.25, -0.2) is 4.39 Å². The van der Waals surface area contributed by atoms with Crippen molar-refractivity contribution in [3.63, 3.8) is 0 Å². The standard InChI is InChI=1S/C20H24FN3O2/c1-4-15-18(14(3)25)13(2)22-19(15)20(26)24-11-9-23(10-12-24)17-8-6-5-7-16(17)21/h5-8,22H,4,9-12H2,1-3H3. The summed E-state index contributed by atoms with van der Waals surface area (Å²) in [6, 6.07) is 6.69. The van der Waals surface area contributed by atoms with Crippen LogP contribution in [0.2, 0.25) is 0 Å². The van der Waals surface area contributed by atoms with Crippen molar-refractivity contribution in [3.8, 4) is 0 Å². The van der Waals surface area contributed by atoms with Crippen LogP contribution in [0.3, 0.4) is 0 Å². The molecule has 1 aliphatic rings. The number of benzene rings is 1.